The Morgan fingerprint density at radius 2 is 2.25 bits per heavy atom. The van der Waals surface area contributed by atoms with Gasteiger partial charge in [-0.05, 0) is 37.7 Å². The summed E-state index contributed by atoms with van der Waals surface area (Å²) in [6, 6.07) is 1.69. The largest absolute Gasteiger partial charge is 0.472 e. The van der Waals surface area contributed by atoms with E-state index in [2.05, 4.69) is 13.5 Å². The number of ether oxygens (including phenoxy) is 1. The molecule has 0 radical (unpaired) electrons. The Labute approximate surface area is 142 Å². The van der Waals surface area contributed by atoms with Crippen molar-refractivity contribution in [2.24, 2.45) is 22.7 Å². The number of carbonyl (C=O) groups is 2. The van der Waals surface area contributed by atoms with Gasteiger partial charge in [-0.1, -0.05) is 25.5 Å². The zero-order valence-corrected chi connectivity index (χ0v) is 14.2. The van der Waals surface area contributed by atoms with Crippen LogP contribution >= 0.6 is 0 Å². The summed E-state index contributed by atoms with van der Waals surface area (Å²) >= 11 is 0. The number of rotatable bonds is 3. The molecule has 4 rings (SSSR count). The molecule has 0 aromatic carbocycles. The topological polar surface area (TPSA) is 56.5 Å². The predicted octanol–water partition coefficient (Wildman–Crippen LogP) is 4.17. The van der Waals surface area contributed by atoms with Crippen LogP contribution in [0.3, 0.4) is 0 Å². The van der Waals surface area contributed by atoms with Crippen molar-refractivity contribution in [1.82, 2.24) is 0 Å². The van der Waals surface area contributed by atoms with Gasteiger partial charge in [0.2, 0.25) is 0 Å². The monoisotopic (exact) mass is 328 g/mol. The molecule has 0 N–H and O–H groups in total. The fraction of sp³-hybridized carbons (Fsp3) is 0.600. The van der Waals surface area contributed by atoms with Crippen molar-refractivity contribution in [3.05, 3.63) is 36.3 Å². The van der Waals surface area contributed by atoms with Gasteiger partial charge in [-0.15, -0.1) is 0 Å². The van der Waals surface area contributed by atoms with E-state index >= 15 is 0 Å². The summed E-state index contributed by atoms with van der Waals surface area (Å²) < 4.78 is 10.7. The molecule has 0 spiro atoms. The molecule has 24 heavy (non-hydrogen) atoms. The van der Waals surface area contributed by atoms with E-state index in [4.69, 9.17) is 9.15 Å². The highest BCUT2D eigenvalue weighted by Crippen LogP contribution is 2.64. The molecule has 128 valence electrons. The van der Waals surface area contributed by atoms with E-state index in [0.29, 0.717) is 24.5 Å². The van der Waals surface area contributed by atoms with Crippen LogP contribution in [0.4, 0.5) is 0 Å². The molecule has 1 aromatic rings. The lowest BCUT2D eigenvalue weighted by atomic mass is 9.45. The molecule has 3 aliphatic rings. The molecule has 2 bridgehead atoms. The zero-order chi connectivity index (χ0) is 16.9. The Morgan fingerprint density at radius 1 is 1.42 bits per heavy atom. The number of ketones is 1. The standard InChI is InChI=1S/C20H24O4/c1-13-4-5-17-19(2)7-3-8-20(17,18(22)24-12-19)15(13)10-16(21)14-6-9-23-11-14/h6,9,11,15,17H,1,3-5,7-8,10,12H2,2H3/t15-,17-,19-,20-/m0/s1. The van der Waals surface area contributed by atoms with E-state index in [-0.39, 0.29) is 23.1 Å². The van der Waals surface area contributed by atoms with E-state index in [1.54, 1.807) is 6.07 Å². The van der Waals surface area contributed by atoms with Crippen LogP contribution in [-0.4, -0.2) is 18.4 Å². The molecule has 2 aliphatic carbocycles. The van der Waals surface area contributed by atoms with Gasteiger partial charge in [-0.25, -0.2) is 0 Å². The normalized spacial score (nSPS) is 38.4. The first-order valence-corrected chi connectivity index (χ1v) is 8.88. The number of hydrogen-bond acceptors (Lipinski definition) is 4. The molecule has 2 heterocycles. The maximum Gasteiger partial charge on any atom is 0.313 e. The van der Waals surface area contributed by atoms with Gasteiger partial charge in [0, 0.05) is 17.8 Å². The fourth-order valence-electron chi connectivity index (χ4n) is 5.62. The molecule has 3 fully saturated rings. The summed E-state index contributed by atoms with van der Waals surface area (Å²) in [6.07, 6.45) is 8.13. The highest BCUT2D eigenvalue weighted by Gasteiger charge is 2.64. The smallest absolute Gasteiger partial charge is 0.313 e. The Kier molecular flexibility index (Phi) is 3.48. The first-order chi connectivity index (χ1) is 11.5. The van der Waals surface area contributed by atoms with Crippen molar-refractivity contribution in [2.75, 3.05) is 6.61 Å². The minimum absolute atomic E-state index is 0.0237. The van der Waals surface area contributed by atoms with Crippen LogP contribution in [0.25, 0.3) is 0 Å². The van der Waals surface area contributed by atoms with E-state index < -0.39 is 5.41 Å². The number of hydrogen-bond donors (Lipinski definition) is 0. The van der Waals surface area contributed by atoms with Gasteiger partial charge in [0.1, 0.15) is 6.26 Å². The van der Waals surface area contributed by atoms with Gasteiger partial charge in [-0.2, -0.15) is 0 Å². The van der Waals surface area contributed by atoms with Crippen molar-refractivity contribution in [3.63, 3.8) is 0 Å². The van der Waals surface area contributed by atoms with Gasteiger partial charge < -0.3 is 9.15 Å². The number of Topliss-reactive ketones (excluding diaryl/α,β-unsaturated/α-hetero) is 1. The van der Waals surface area contributed by atoms with Gasteiger partial charge >= 0.3 is 5.97 Å². The lowest BCUT2D eigenvalue weighted by Crippen LogP contribution is -2.62. The number of allylic oxidation sites excluding steroid dienone is 1. The van der Waals surface area contributed by atoms with Crippen LogP contribution in [0.15, 0.2) is 35.2 Å². The van der Waals surface area contributed by atoms with E-state index in [1.165, 1.54) is 12.5 Å². The number of cyclic esters (lactones) is 1. The van der Waals surface area contributed by atoms with Gasteiger partial charge in [0.15, 0.2) is 5.78 Å². The lowest BCUT2D eigenvalue weighted by molar-refractivity contribution is -0.207. The molecule has 1 saturated heterocycles. The van der Waals surface area contributed by atoms with E-state index in [1.807, 2.05) is 0 Å². The van der Waals surface area contributed by atoms with Gasteiger partial charge in [0.25, 0.3) is 0 Å². The van der Waals surface area contributed by atoms with Gasteiger partial charge in [-0.3, -0.25) is 9.59 Å². The fourth-order valence-corrected chi connectivity index (χ4v) is 5.62. The molecular formula is C20H24O4. The average molecular weight is 328 g/mol. The molecule has 4 atom stereocenters. The lowest BCUT2D eigenvalue weighted by Gasteiger charge is -2.60. The van der Waals surface area contributed by atoms with Crippen LogP contribution in [0.5, 0.6) is 0 Å². The highest BCUT2D eigenvalue weighted by molar-refractivity contribution is 5.96. The Morgan fingerprint density at radius 3 is 3.00 bits per heavy atom. The van der Waals surface area contributed by atoms with Gasteiger partial charge in [0.05, 0.1) is 23.8 Å². The predicted molar refractivity (Wildman–Crippen MR) is 88.4 cm³/mol. The zero-order valence-electron chi connectivity index (χ0n) is 14.2. The first-order valence-electron chi connectivity index (χ1n) is 8.88. The second-order valence-electron chi connectivity index (χ2n) is 8.07. The van der Waals surface area contributed by atoms with Crippen molar-refractivity contribution < 1.29 is 18.7 Å². The minimum Gasteiger partial charge on any atom is -0.472 e. The maximum atomic E-state index is 12.9. The van der Waals surface area contributed by atoms with Crippen LogP contribution in [0.2, 0.25) is 0 Å². The Bertz CT molecular complexity index is 689. The molecule has 0 amide bonds. The van der Waals surface area contributed by atoms with E-state index in [9.17, 15) is 9.59 Å². The first kappa shape index (κ1) is 15.7. The van der Waals surface area contributed by atoms with E-state index in [0.717, 1.165) is 37.7 Å². The Hall–Kier alpha value is -1.84. The van der Waals surface area contributed by atoms with Crippen molar-refractivity contribution in [3.8, 4) is 0 Å². The maximum absolute atomic E-state index is 12.9. The van der Waals surface area contributed by atoms with Crippen LogP contribution in [0.1, 0.15) is 55.8 Å². The van der Waals surface area contributed by atoms with Crippen LogP contribution in [-0.2, 0) is 9.53 Å². The van der Waals surface area contributed by atoms with Crippen molar-refractivity contribution in [2.45, 2.75) is 45.4 Å². The quantitative estimate of drug-likeness (QED) is 0.475. The molecule has 1 aliphatic heterocycles. The number of esters is 1. The third-order valence-corrected chi connectivity index (χ3v) is 6.82. The molecule has 4 nitrogen and oxygen atoms in total. The van der Waals surface area contributed by atoms with Crippen LogP contribution in [0, 0.1) is 22.7 Å². The second kappa shape index (κ2) is 5.33. The summed E-state index contributed by atoms with van der Waals surface area (Å²) in [4.78, 5) is 25.6. The highest BCUT2D eigenvalue weighted by atomic mass is 16.5. The van der Waals surface area contributed by atoms with Crippen molar-refractivity contribution >= 4 is 11.8 Å². The molecular weight excluding hydrogens is 304 g/mol. The summed E-state index contributed by atoms with van der Waals surface area (Å²) in [5.41, 5.74) is 1.10. The SMILES string of the molecule is C=C1CC[C@H]2[C@@]3(C)CCC[C@]2(C(=O)OC3)[C@H]1CC(=O)c1ccoc1. The molecule has 1 aromatic heterocycles. The second-order valence-corrected chi connectivity index (χ2v) is 8.07. The van der Waals surface area contributed by atoms with Crippen LogP contribution < -0.4 is 0 Å². The van der Waals surface area contributed by atoms with Crippen molar-refractivity contribution in [1.29, 1.82) is 0 Å². The minimum atomic E-state index is -0.556. The summed E-state index contributed by atoms with van der Waals surface area (Å²) in [7, 11) is 0. The summed E-state index contributed by atoms with van der Waals surface area (Å²) in [5.74, 6) is 0.102. The average Bonchev–Trinajstić information content (AvgIpc) is 3.09. The number of furan rings is 1. The molecule has 2 saturated carbocycles. The molecule has 0 unspecified atom stereocenters. The summed E-state index contributed by atoms with van der Waals surface area (Å²) in [5, 5.41) is 0. The Balaban J connectivity index is 1.72. The number of carbonyl (C=O) groups excluding carboxylic acids is 2. The summed E-state index contributed by atoms with van der Waals surface area (Å²) in [6.45, 7) is 7.01. The molecule has 4 heteroatoms. The third kappa shape index (κ3) is 2.04. The third-order valence-electron chi connectivity index (χ3n) is 6.82.